The van der Waals surface area contributed by atoms with Crippen molar-refractivity contribution in [3.63, 3.8) is 0 Å². The number of anilines is 2. The van der Waals surface area contributed by atoms with Gasteiger partial charge in [0.25, 0.3) is 0 Å². The van der Waals surface area contributed by atoms with Crippen LogP contribution in [0.4, 0.5) is 11.6 Å². The summed E-state index contributed by atoms with van der Waals surface area (Å²) in [5.74, 6) is 1.48. The molecule has 0 aromatic carbocycles. The average molecular weight is 207 g/mol. The van der Waals surface area contributed by atoms with Crippen LogP contribution in [0.5, 0.6) is 0 Å². The minimum absolute atomic E-state index is 0.442. The van der Waals surface area contributed by atoms with E-state index in [0.717, 1.165) is 13.1 Å². The van der Waals surface area contributed by atoms with Gasteiger partial charge in [-0.25, -0.2) is 4.68 Å². The third-order valence-electron chi connectivity index (χ3n) is 1.99. The molecule has 0 aliphatic carbocycles. The molecule has 3 N–H and O–H groups in total. The molecule has 1 aromatic heterocycles. The van der Waals surface area contributed by atoms with Gasteiger partial charge in [-0.05, 0) is 12.8 Å². The largest absolute Gasteiger partial charge is 0.383 e. The van der Waals surface area contributed by atoms with Gasteiger partial charge in [0.2, 0.25) is 0 Å². The summed E-state index contributed by atoms with van der Waals surface area (Å²) in [6.07, 6.45) is 0. The molecule has 0 unspecified atom stereocenters. The van der Waals surface area contributed by atoms with Gasteiger partial charge in [0.1, 0.15) is 17.5 Å². The molecule has 0 amide bonds. The minimum Gasteiger partial charge on any atom is -0.383 e. The fourth-order valence-corrected chi connectivity index (χ4v) is 1.36. The second-order valence-electron chi connectivity index (χ2n) is 3.83. The van der Waals surface area contributed by atoms with Crippen molar-refractivity contribution in [1.29, 1.82) is 5.26 Å². The van der Waals surface area contributed by atoms with Crippen LogP contribution in [0.25, 0.3) is 0 Å². The summed E-state index contributed by atoms with van der Waals surface area (Å²) in [6.45, 7) is 7.58. The number of nitriles is 1. The summed E-state index contributed by atoms with van der Waals surface area (Å²) in [4.78, 5) is 0. The molecule has 0 spiro atoms. The summed E-state index contributed by atoms with van der Waals surface area (Å²) in [6, 6.07) is 2.07. The summed E-state index contributed by atoms with van der Waals surface area (Å²) >= 11 is 0. The molecular formula is C10H17N5. The second-order valence-corrected chi connectivity index (χ2v) is 3.83. The Balaban J connectivity index is 3.05. The van der Waals surface area contributed by atoms with Crippen LogP contribution in [-0.2, 0) is 6.54 Å². The van der Waals surface area contributed by atoms with Gasteiger partial charge in [-0.1, -0.05) is 13.8 Å². The highest BCUT2D eigenvalue weighted by molar-refractivity contribution is 5.63. The Morgan fingerprint density at radius 2 is 2.27 bits per heavy atom. The zero-order valence-corrected chi connectivity index (χ0v) is 9.41. The molecule has 0 bridgehead atoms. The third kappa shape index (κ3) is 2.40. The van der Waals surface area contributed by atoms with Gasteiger partial charge in [0.15, 0.2) is 5.82 Å². The first-order chi connectivity index (χ1) is 7.10. The van der Waals surface area contributed by atoms with Gasteiger partial charge in [-0.2, -0.15) is 10.4 Å². The maximum Gasteiger partial charge on any atom is 0.168 e. The van der Waals surface area contributed by atoms with Crippen molar-refractivity contribution < 1.29 is 0 Å². The van der Waals surface area contributed by atoms with E-state index in [1.54, 1.807) is 4.68 Å². The zero-order chi connectivity index (χ0) is 11.4. The van der Waals surface area contributed by atoms with Crippen LogP contribution in [0.3, 0.4) is 0 Å². The molecule has 0 saturated heterocycles. The van der Waals surface area contributed by atoms with Gasteiger partial charge in [0, 0.05) is 13.1 Å². The van der Waals surface area contributed by atoms with E-state index in [1.165, 1.54) is 0 Å². The monoisotopic (exact) mass is 207 g/mol. The lowest BCUT2D eigenvalue weighted by Gasteiger charge is -2.05. The molecule has 0 aliphatic heterocycles. The Bertz CT molecular complexity index is 372. The van der Waals surface area contributed by atoms with Crippen molar-refractivity contribution >= 4 is 11.6 Å². The van der Waals surface area contributed by atoms with Crippen LogP contribution in [0, 0.1) is 17.2 Å². The lowest BCUT2D eigenvalue weighted by molar-refractivity contribution is 0.489. The number of nitrogens with zero attached hydrogens (tertiary/aromatic N) is 3. The van der Waals surface area contributed by atoms with Crippen molar-refractivity contribution in [3.8, 4) is 6.07 Å². The van der Waals surface area contributed by atoms with Gasteiger partial charge in [-0.3, -0.25) is 0 Å². The van der Waals surface area contributed by atoms with E-state index in [0.29, 0.717) is 23.1 Å². The SMILES string of the molecule is CCNc1nn(CC(C)C)c(N)c1C#N. The smallest absolute Gasteiger partial charge is 0.168 e. The van der Waals surface area contributed by atoms with Crippen LogP contribution >= 0.6 is 0 Å². The normalized spacial score (nSPS) is 10.3. The quantitative estimate of drug-likeness (QED) is 0.782. The summed E-state index contributed by atoms with van der Waals surface area (Å²) in [5, 5.41) is 16.2. The molecule has 0 atom stereocenters. The van der Waals surface area contributed by atoms with Crippen molar-refractivity contribution in [2.45, 2.75) is 27.3 Å². The molecule has 1 heterocycles. The molecule has 1 aromatic rings. The second kappa shape index (κ2) is 4.69. The van der Waals surface area contributed by atoms with Crippen LogP contribution < -0.4 is 11.1 Å². The van der Waals surface area contributed by atoms with E-state index in [-0.39, 0.29) is 0 Å². The highest BCUT2D eigenvalue weighted by Crippen LogP contribution is 2.21. The molecule has 0 aliphatic rings. The van der Waals surface area contributed by atoms with Crippen LogP contribution in [-0.4, -0.2) is 16.3 Å². The Hall–Kier alpha value is -1.70. The number of rotatable bonds is 4. The fraction of sp³-hybridized carbons (Fsp3) is 0.600. The van der Waals surface area contributed by atoms with E-state index in [2.05, 4.69) is 30.3 Å². The van der Waals surface area contributed by atoms with E-state index in [9.17, 15) is 0 Å². The predicted molar refractivity (Wildman–Crippen MR) is 60.4 cm³/mol. The molecule has 5 heteroatoms. The molecule has 0 saturated carbocycles. The van der Waals surface area contributed by atoms with E-state index in [1.807, 2.05) is 6.92 Å². The van der Waals surface area contributed by atoms with Crippen molar-refractivity contribution in [1.82, 2.24) is 9.78 Å². The Morgan fingerprint density at radius 3 is 2.73 bits per heavy atom. The molecule has 1 rings (SSSR count). The molecule has 82 valence electrons. The van der Waals surface area contributed by atoms with E-state index >= 15 is 0 Å². The summed E-state index contributed by atoms with van der Waals surface area (Å²) in [7, 11) is 0. The Kier molecular flexibility index (Phi) is 3.56. The maximum absolute atomic E-state index is 8.95. The summed E-state index contributed by atoms with van der Waals surface area (Å²) < 4.78 is 1.68. The highest BCUT2D eigenvalue weighted by Gasteiger charge is 2.14. The third-order valence-corrected chi connectivity index (χ3v) is 1.99. The van der Waals surface area contributed by atoms with Crippen LogP contribution in [0.2, 0.25) is 0 Å². The Labute approximate surface area is 89.9 Å². The van der Waals surface area contributed by atoms with Crippen LogP contribution in [0.15, 0.2) is 0 Å². The number of hydrogen-bond donors (Lipinski definition) is 2. The van der Waals surface area contributed by atoms with Gasteiger partial charge >= 0.3 is 0 Å². The number of nitrogens with two attached hydrogens (primary N) is 1. The molecule has 15 heavy (non-hydrogen) atoms. The van der Waals surface area contributed by atoms with E-state index in [4.69, 9.17) is 11.0 Å². The van der Waals surface area contributed by atoms with Crippen molar-refractivity contribution in [2.75, 3.05) is 17.6 Å². The fourth-order valence-electron chi connectivity index (χ4n) is 1.36. The molecule has 5 nitrogen and oxygen atoms in total. The molecule has 0 fully saturated rings. The topological polar surface area (TPSA) is 79.7 Å². The minimum atomic E-state index is 0.442. The maximum atomic E-state index is 8.95. The number of nitrogen functional groups attached to an aromatic ring is 1. The standard InChI is InChI=1S/C10H17N5/c1-4-13-10-8(5-11)9(12)15(14-10)6-7(2)3/h7H,4,6,12H2,1-3H3,(H,13,14). The average Bonchev–Trinajstić information content (AvgIpc) is 2.43. The van der Waals surface area contributed by atoms with Crippen molar-refractivity contribution in [2.24, 2.45) is 5.92 Å². The summed E-state index contributed by atoms with van der Waals surface area (Å²) in [5.41, 5.74) is 6.27. The number of hydrogen-bond acceptors (Lipinski definition) is 4. The highest BCUT2D eigenvalue weighted by atomic mass is 15.3. The first kappa shape index (κ1) is 11.4. The number of nitrogens with one attached hydrogen (secondary N) is 1. The van der Waals surface area contributed by atoms with Crippen molar-refractivity contribution in [3.05, 3.63) is 5.56 Å². The van der Waals surface area contributed by atoms with Crippen LogP contribution in [0.1, 0.15) is 26.3 Å². The molecule has 0 radical (unpaired) electrons. The zero-order valence-electron chi connectivity index (χ0n) is 9.41. The molecular weight excluding hydrogens is 190 g/mol. The predicted octanol–water partition coefficient (Wildman–Crippen LogP) is 1.42. The lowest BCUT2D eigenvalue weighted by atomic mass is 10.2. The lowest BCUT2D eigenvalue weighted by Crippen LogP contribution is -2.09. The van der Waals surface area contributed by atoms with E-state index < -0.39 is 0 Å². The first-order valence-electron chi connectivity index (χ1n) is 5.10. The van der Waals surface area contributed by atoms with Gasteiger partial charge < -0.3 is 11.1 Å². The first-order valence-corrected chi connectivity index (χ1v) is 5.10. The Morgan fingerprint density at radius 1 is 1.60 bits per heavy atom. The van der Waals surface area contributed by atoms with Gasteiger partial charge in [0.05, 0.1) is 0 Å². The number of aromatic nitrogens is 2. The van der Waals surface area contributed by atoms with Gasteiger partial charge in [-0.15, -0.1) is 0 Å².